The first-order chi connectivity index (χ1) is 7.65. The van der Waals surface area contributed by atoms with Crippen LogP contribution in [0.25, 0.3) is 10.9 Å². The van der Waals surface area contributed by atoms with Crippen molar-refractivity contribution in [3.8, 4) is 5.75 Å². The number of methoxy groups -OCH3 is 1. The van der Waals surface area contributed by atoms with E-state index in [9.17, 15) is 4.39 Å². The molecule has 2 rings (SSSR count). The number of aryl methyl sites for hydroxylation is 1. The van der Waals surface area contributed by atoms with Crippen LogP contribution in [-0.4, -0.2) is 12.1 Å². The number of anilines is 1. The van der Waals surface area contributed by atoms with Gasteiger partial charge < -0.3 is 10.5 Å². The molecule has 1 aromatic carbocycles. The molecule has 0 radical (unpaired) electrons. The molecule has 0 fully saturated rings. The fourth-order valence-corrected chi connectivity index (χ4v) is 1.65. The molecule has 4 heteroatoms. The summed E-state index contributed by atoms with van der Waals surface area (Å²) < 4.78 is 18.4. The van der Waals surface area contributed by atoms with Crippen LogP contribution in [0.4, 0.5) is 10.1 Å². The molecule has 0 aliphatic carbocycles. The van der Waals surface area contributed by atoms with E-state index in [2.05, 4.69) is 4.98 Å². The molecule has 0 atom stereocenters. The summed E-state index contributed by atoms with van der Waals surface area (Å²) in [6, 6.07) is 4.73. The number of hydrogen-bond acceptors (Lipinski definition) is 3. The molecule has 2 aromatic rings. The van der Waals surface area contributed by atoms with Crippen molar-refractivity contribution < 1.29 is 9.13 Å². The van der Waals surface area contributed by atoms with Crippen LogP contribution in [0.3, 0.4) is 0 Å². The molecule has 0 amide bonds. The normalized spacial score (nSPS) is 10.7. The van der Waals surface area contributed by atoms with Crippen molar-refractivity contribution in [3.05, 3.63) is 29.7 Å². The average molecular weight is 220 g/mol. The average Bonchev–Trinajstić information content (AvgIpc) is 2.28. The van der Waals surface area contributed by atoms with E-state index in [0.29, 0.717) is 11.2 Å². The van der Waals surface area contributed by atoms with E-state index >= 15 is 0 Å². The smallest absolute Gasteiger partial charge is 0.167 e. The van der Waals surface area contributed by atoms with Crippen molar-refractivity contribution in [2.45, 2.75) is 13.3 Å². The number of nitrogens with zero attached hydrogens (tertiary/aromatic N) is 1. The maximum absolute atomic E-state index is 13.5. The van der Waals surface area contributed by atoms with Gasteiger partial charge in [0.1, 0.15) is 0 Å². The van der Waals surface area contributed by atoms with Gasteiger partial charge in [-0.2, -0.15) is 0 Å². The molecule has 0 unspecified atom stereocenters. The maximum atomic E-state index is 13.5. The lowest BCUT2D eigenvalue weighted by molar-refractivity contribution is 0.387. The fourth-order valence-electron chi connectivity index (χ4n) is 1.65. The van der Waals surface area contributed by atoms with E-state index in [4.69, 9.17) is 10.5 Å². The van der Waals surface area contributed by atoms with Gasteiger partial charge in [0.2, 0.25) is 0 Å². The van der Waals surface area contributed by atoms with E-state index < -0.39 is 5.82 Å². The highest BCUT2D eigenvalue weighted by molar-refractivity contribution is 5.91. The number of ether oxygens (including phenoxy) is 1. The first-order valence-corrected chi connectivity index (χ1v) is 5.08. The number of aromatic nitrogens is 1. The first-order valence-electron chi connectivity index (χ1n) is 5.08. The molecule has 3 nitrogen and oxygen atoms in total. The Hall–Kier alpha value is -1.84. The summed E-state index contributed by atoms with van der Waals surface area (Å²) in [5.41, 5.74) is 7.91. The second-order valence-corrected chi connectivity index (χ2v) is 3.56. The van der Waals surface area contributed by atoms with Gasteiger partial charge in [0.25, 0.3) is 0 Å². The summed E-state index contributed by atoms with van der Waals surface area (Å²) in [5.74, 6) is -0.236. The number of nitrogen functional groups attached to an aromatic ring is 1. The molecule has 16 heavy (non-hydrogen) atoms. The van der Waals surface area contributed by atoms with Crippen LogP contribution in [0.15, 0.2) is 18.2 Å². The van der Waals surface area contributed by atoms with Gasteiger partial charge in [0, 0.05) is 22.8 Å². The molecule has 2 N–H and O–H groups in total. The first kappa shape index (κ1) is 10.7. The second kappa shape index (κ2) is 3.96. The zero-order valence-electron chi connectivity index (χ0n) is 9.25. The molecular formula is C12H13FN2O. The molecular weight excluding hydrogens is 207 g/mol. The summed E-state index contributed by atoms with van der Waals surface area (Å²) in [4.78, 5) is 4.32. The van der Waals surface area contributed by atoms with Gasteiger partial charge in [0.05, 0.1) is 12.6 Å². The monoisotopic (exact) mass is 220 g/mol. The quantitative estimate of drug-likeness (QED) is 0.846. The Balaban J connectivity index is 2.75. The van der Waals surface area contributed by atoms with Gasteiger partial charge in [-0.3, -0.25) is 4.98 Å². The van der Waals surface area contributed by atoms with E-state index in [1.807, 2.05) is 6.92 Å². The van der Waals surface area contributed by atoms with Crippen molar-refractivity contribution in [1.82, 2.24) is 4.98 Å². The van der Waals surface area contributed by atoms with E-state index in [1.54, 1.807) is 12.1 Å². The highest BCUT2D eigenvalue weighted by Crippen LogP contribution is 2.27. The fraction of sp³-hybridized carbons (Fsp3) is 0.250. The van der Waals surface area contributed by atoms with E-state index in [-0.39, 0.29) is 5.75 Å². The topological polar surface area (TPSA) is 48.1 Å². The van der Waals surface area contributed by atoms with Crippen LogP contribution >= 0.6 is 0 Å². The highest BCUT2D eigenvalue weighted by atomic mass is 19.1. The van der Waals surface area contributed by atoms with Crippen molar-refractivity contribution >= 4 is 16.6 Å². The Morgan fingerprint density at radius 1 is 1.38 bits per heavy atom. The number of halogens is 1. The zero-order chi connectivity index (χ0) is 11.7. The Kier molecular flexibility index (Phi) is 2.64. The predicted octanol–water partition coefficient (Wildman–Crippen LogP) is 2.53. The third-order valence-electron chi connectivity index (χ3n) is 2.53. The maximum Gasteiger partial charge on any atom is 0.167 e. The Morgan fingerprint density at radius 2 is 2.12 bits per heavy atom. The van der Waals surface area contributed by atoms with Crippen molar-refractivity contribution in [2.24, 2.45) is 0 Å². The number of benzene rings is 1. The lowest BCUT2D eigenvalue weighted by Gasteiger charge is -2.07. The number of fused-ring (bicyclic) bond motifs is 1. The standard InChI is InChI=1S/C12H13FN2O/c1-3-7-4-10(14)8-5-12(16-2)9(13)6-11(8)15-7/h4-6H,3H2,1-2H3,(H2,14,15). The number of pyridine rings is 1. The van der Waals surface area contributed by atoms with E-state index in [0.717, 1.165) is 17.5 Å². The van der Waals surface area contributed by atoms with Crippen LogP contribution in [0.2, 0.25) is 0 Å². The highest BCUT2D eigenvalue weighted by Gasteiger charge is 2.09. The van der Waals surface area contributed by atoms with Crippen molar-refractivity contribution in [3.63, 3.8) is 0 Å². The van der Waals surface area contributed by atoms with Crippen LogP contribution < -0.4 is 10.5 Å². The summed E-state index contributed by atoms with van der Waals surface area (Å²) in [6.07, 6.45) is 0.772. The van der Waals surface area contributed by atoms with Gasteiger partial charge >= 0.3 is 0 Å². The molecule has 1 aromatic heterocycles. The summed E-state index contributed by atoms with van der Waals surface area (Å²) in [5, 5.41) is 0.718. The van der Waals surface area contributed by atoms with Gasteiger partial charge in [-0.15, -0.1) is 0 Å². The molecule has 1 heterocycles. The van der Waals surface area contributed by atoms with Gasteiger partial charge in [-0.25, -0.2) is 4.39 Å². The zero-order valence-corrected chi connectivity index (χ0v) is 9.25. The van der Waals surface area contributed by atoms with Crippen molar-refractivity contribution in [1.29, 1.82) is 0 Å². The predicted molar refractivity (Wildman–Crippen MR) is 62.0 cm³/mol. The van der Waals surface area contributed by atoms with Gasteiger partial charge in [-0.05, 0) is 18.6 Å². The summed E-state index contributed by atoms with van der Waals surface area (Å²) in [7, 11) is 1.42. The minimum Gasteiger partial charge on any atom is -0.494 e. The summed E-state index contributed by atoms with van der Waals surface area (Å²) in [6.45, 7) is 1.98. The Bertz CT molecular complexity index is 540. The third-order valence-corrected chi connectivity index (χ3v) is 2.53. The number of hydrogen-bond donors (Lipinski definition) is 1. The molecule has 0 saturated carbocycles. The van der Waals surface area contributed by atoms with Gasteiger partial charge in [0.15, 0.2) is 11.6 Å². The minimum absolute atomic E-state index is 0.185. The second-order valence-electron chi connectivity index (χ2n) is 3.56. The molecule has 0 aliphatic rings. The molecule has 0 bridgehead atoms. The van der Waals surface area contributed by atoms with Crippen molar-refractivity contribution in [2.75, 3.05) is 12.8 Å². The van der Waals surface area contributed by atoms with Crippen LogP contribution in [-0.2, 0) is 6.42 Å². The minimum atomic E-state index is -0.421. The Labute approximate surface area is 93.0 Å². The largest absolute Gasteiger partial charge is 0.494 e. The molecule has 84 valence electrons. The van der Waals surface area contributed by atoms with Crippen LogP contribution in [0.5, 0.6) is 5.75 Å². The lowest BCUT2D eigenvalue weighted by atomic mass is 10.1. The number of nitrogens with two attached hydrogens (primary N) is 1. The SMILES string of the molecule is CCc1cc(N)c2cc(OC)c(F)cc2n1. The van der Waals surface area contributed by atoms with Crippen LogP contribution in [0.1, 0.15) is 12.6 Å². The molecule has 0 saturated heterocycles. The Morgan fingerprint density at radius 3 is 2.75 bits per heavy atom. The molecule has 0 aliphatic heterocycles. The van der Waals surface area contributed by atoms with Crippen LogP contribution in [0, 0.1) is 5.82 Å². The molecule has 0 spiro atoms. The number of rotatable bonds is 2. The van der Waals surface area contributed by atoms with E-state index in [1.165, 1.54) is 13.2 Å². The lowest BCUT2D eigenvalue weighted by Crippen LogP contribution is -1.96. The third kappa shape index (κ3) is 1.66. The summed E-state index contributed by atoms with van der Waals surface area (Å²) >= 11 is 0. The van der Waals surface area contributed by atoms with Gasteiger partial charge in [-0.1, -0.05) is 6.92 Å².